The predicted octanol–water partition coefficient (Wildman–Crippen LogP) is 8.39. The Balaban J connectivity index is 0.748. The number of carbonyl (C=O) groups is 4. The van der Waals surface area contributed by atoms with E-state index in [1.165, 1.54) is 39.8 Å². The molecule has 8 aromatic rings. The maximum atomic E-state index is 15.4. The van der Waals surface area contributed by atoms with Crippen molar-refractivity contribution >= 4 is 46.6 Å². The number of carbonyl (C=O) groups excluding carboxylic acids is 4. The zero-order valence-electron chi connectivity index (χ0n) is 39.9. The molecule has 0 aliphatic heterocycles. The third-order valence-corrected chi connectivity index (χ3v) is 12.9. The Morgan fingerprint density at radius 1 is 0.589 bits per heavy atom. The summed E-state index contributed by atoms with van der Waals surface area (Å²) >= 11 is 0. The summed E-state index contributed by atoms with van der Waals surface area (Å²) in [6.45, 7) is 3.34. The molecular weight excluding hydrogens is 936 g/mol. The molecule has 2 aliphatic carbocycles. The van der Waals surface area contributed by atoms with Crippen LogP contribution in [0.15, 0.2) is 143 Å². The van der Waals surface area contributed by atoms with E-state index in [0.29, 0.717) is 52.2 Å². The van der Waals surface area contributed by atoms with E-state index in [1.54, 1.807) is 116 Å². The van der Waals surface area contributed by atoms with Crippen molar-refractivity contribution in [2.45, 2.75) is 39.0 Å². The van der Waals surface area contributed by atoms with E-state index in [4.69, 9.17) is 9.47 Å². The molecule has 0 bridgehead atoms. The molecule has 4 amide bonds. The Morgan fingerprint density at radius 3 is 1.77 bits per heavy atom. The number of hydrogen-bond acceptors (Lipinski definition) is 10. The molecule has 2 atom stereocenters. The molecule has 73 heavy (non-hydrogen) atoms. The Morgan fingerprint density at radius 2 is 1.15 bits per heavy atom. The highest BCUT2D eigenvalue weighted by Crippen LogP contribution is 2.48. The molecule has 18 nitrogen and oxygen atoms in total. The summed E-state index contributed by atoms with van der Waals surface area (Å²) < 4.78 is 33.2. The number of rotatable bonds is 15. The van der Waals surface area contributed by atoms with Crippen molar-refractivity contribution in [2.75, 3.05) is 21.3 Å². The van der Waals surface area contributed by atoms with Gasteiger partial charge < -0.3 is 30.7 Å². The average Bonchev–Trinajstić information content (AvgIpc) is 4.32. The highest BCUT2D eigenvalue weighted by Gasteiger charge is 2.44. The molecule has 368 valence electrons. The second-order valence-corrected chi connectivity index (χ2v) is 17.9. The van der Waals surface area contributed by atoms with Crippen LogP contribution >= 0.6 is 0 Å². The fraction of sp³-hybridized carbons (Fsp3) is 0.185. The maximum Gasteiger partial charge on any atom is 0.284 e. The number of hydrogen-bond donors (Lipinski definition) is 4. The van der Waals surface area contributed by atoms with E-state index < -0.39 is 34.7 Å². The first-order valence-electron chi connectivity index (χ1n) is 23.4. The first-order valence-corrected chi connectivity index (χ1v) is 23.4. The average molecular weight is 983 g/mol. The first-order chi connectivity index (χ1) is 35.2. The van der Waals surface area contributed by atoms with Gasteiger partial charge in [0.05, 0.1) is 22.8 Å². The molecule has 0 radical (unpaired) electrons. The minimum Gasteiger partial charge on any atom is -0.457 e. The quantitative estimate of drug-likeness (QED) is 0.0770. The number of ether oxygens (including phenoxy) is 2. The lowest BCUT2D eigenvalue weighted by Gasteiger charge is -2.11. The number of pyridine rings is 2. The van der Waals surface area contributed by atoms with Gasteiger partial charge in [0.25, 0.3) is 22.9 Å². The van der Waals surface area contributed by atoms with Gasteiger partial charge in [-0.1, -0.05) is 30.3 Å². The molecule has 2 aliphatic rings. The largest absolute Gasteiger partial charge is 0.457 e. The van der Waals surface area contributed by atoms with Crippen LogP contribution in [0.25, 0.3) is 11.4 Å². The minimum absolute atomic E-state index is 0.0337. The molecule has 4 aromatic heterocycles. The van der Waals surface area contributed by atoms with Crippen molar-refractivity contribution in [2.24, 2.45) is 25.9 Å². The molecule has 4 aromatic carbocycles. The smallest absolute Gasteiger partial charge is 0.284 e. The second-order valence-electron chi connectivity index (χ2n) is 17.9. The van der Waals surface area contributed by atoms with Crippen LogP contribution in [0, 0.1) is 31.5 Å². The lowest BCUT2D eigenvalue weighted by Crippen LogP contribution is -2.25. The van der Waals surface area contributed by atoms with Gasteiger partial charge in [-0.25, -0.2) is 23.7 Å². The zero-order chi connectivity index (χ0) is 51.1. The molecular formula is C54H47FN10O8. The van der Waals surface area contributed by atoms with E-state index in [-0.39, 0.29) is 57.8 Å². The van der Waals surface area contributed by atoms with Crippen LogP contribution in [0.3, 0.4) is 0 Å². The van der Waals surface area contributed by atoms with Gasteiger partial charge in [-0.05, 0) is 117 Å². The van der Waals surface area contributed by atoms with Crippen LogP contribution in [0.5, 0.6) is 23.0 Å². The number of aromatic nitrogens is 6. The number of para-hydroxylation sites is 1. The van der Waals surface area contributed by atoms with Crippen LogP contribution in [0.4, 0.5) is 27.4 Å². The molecule has 4 N–H and O–H groups in total. The predicted molar refractivity (Wildman–Crippen MR) is 270 cm³/mol. The van der Waals surface area contributed by atoms with Crippen molar-refractivity contribution in [1.29, 1.82) is 0 Å². The van der Waals surface area contributed by atoms with Crippen molar-refractivity contribution in [3.63, 3.8) is 0 Å². The van der Waals surface area contributed by atoms with E-state index in [2.05, 4.69) is 31.2 Å². The van der Waals surface area contributed by atoms with Crippen molar-refractivity contribution in [1.82, 2.24) is 28.7 Å². The minimum atomic E-state index is -0.787. The van der Waals surface area contributed by atoms with Crippen molar-refractivity contribution < 1.29 is 33.0 Å². The van der Waals surface area contributed by atoms with E-state index in [9.17, 15) is 28.8 Å². The third-order valence-electron chi connectivity index (χ3n) is 12.9. The van der Waals surface area contributed by atoms with Crippen LogP contribution in [-0.4, -0.2) is 52.3 Å². The van der Waals surface area contributed by atoms with Crippen LogP contribution in [0.2, 0.25) is 0 Å². The van der Waals surface area contributed by atoms with Gasteiger partial charge in [0.15, 0.2) is 11.6 Å². The number of halogens is 1. The van der Waals surface area contributed by atoms with E-state index in [1.807, 2.05) is 18.2 Å². The van der Waals surface area contributed by atoms with Gasteiger partial charge >= 0.3 is 0 Å². The fourth-order valence-corrected chi connectivity index (χ4v) is 8.63. The molecule has 2 fully saturated rings. The van der Waals surface area contributed by atoms with Crippen LogP contribution in [-0.2, 0) is 23.7 Å². The standard InChI is InChI=1S/C54H47FN10O8/c1-30-48(53(70)64(62(30)3)36-10-6-5-7-11-36)52(69)59-35-17-20-44(43(55)26-35)73-40-22-24-57-46(28-40)61-50(67)42-29-41(42)33-9-8-12-37(25-33)65-54(71)47(31(2)63(65)4)51(68)58-34-15-18-38(19-16-34)72-39-21-23-56-45(27-39)60-49(66)32-13-14-32/h5-12,15-28,32,41-42H,13-14,29H2,1-4H3,(H,58,68)(H,59,69)(H,56,60,66)(H,57,61,67). The van der Waals surface area contributed by atoms with Gasteiger partial charge in [-0.3, -0.25) is 38.1 Å². The SMILES string of the molecule is Cc1c(C(=O)Nc2ccc(Oc3ccnc(NC(=O)C4CC4c4cccc(-n5c(=O)c(C(=O)Nc6ccc(Oc7ccnc(NC(=O)C8CC8)c7)cc6)c(C)n5C)c4)c3)c(F)c2)c(=O)n(-c2ccccc2)n1C. The summed E-state index contributed by atoms with van der Waals surface area (Å²) in [5.41, 5.74) is 2.19. The maximum absolute atomic E-state index is 15.4. The van der Waals surface area contributed by atoms with Crippen molar-refractivity contribution in [3.8, 4) is 34.4 Å². The molecule has 0 saturated heterocycles. The summed E-state index contributed by atoms with van der Waals surface area (Å²) in [5.74, 6) is -1.39. The summed E-state index contributed by atoms with van der Waals surface area (Å²) in [7, 11) is 3.36. The Hall–Kier alpha value is -9.39. The number of amides is 4. The highest BCUT2D eigenvalue weighted by atomic mass is 19.1. The van der Waals surface area contributed by atoms with E-state index in [0.717, 1.165) is 24.5 Å². The summed E-state index contributed by atoms with van der Waals surface area (Å²) in [5, 5.41) is 11.0. The number of nitrogens with one attached hydrogen (secondary N) is 4. The fourth-order valence-electron chi connectivity index (χ4n) is 8.63. The number of anilines is 4. The Bertz CT molecular complexity index is 3620. The van der Waals surface area contributed by atoms with Crippen LogP contribution < -0.4 is 41.9 Å². The summed E-state index contributed by atoms with van der Waals surface area (Å²) in [4.78, 5) is 88.3. The van der Waals surface area contributed by atoms with Crippen LogP contribution in [0.1, 0.15) is 62.8 Å². The summed E-state index contributed by atoms with van der Waals surface area (Å²) in [6.07, 6.45) is 5.24. The Labute approximate surface area is 416 Å². The van der Waals surface area contributed by atoms with Gasteiger partial charge in [0.2, 0.25) is 11.8 Å². The molecule has 19 heteroatoms. The second kappa shape index (κ2) is 19.4. The number of nitrogens with zero attached hydrogens (tertiary/aromatic N) is 6. The van der Waals surface area contributed by atoms with Gasteiger partial charge in [0.1, 0.15) is 40.0 Å². The molecule has 10 rings (SSSR count). The first kappa shape index (κ1) is 47.3. The molecule has 2 saturated carbocycles. The van der Waals surface area contributed by atoms with Gasteiger partial charge in [0, 0.05) is 67.9 Å². The van der Waals surface area contributed by atoms with Gasteiger partial charge in [-0.2, -0.15) is 0 Å². The molecule has 4 heterocycles. The van der Waals surface area contributed by atoms with E-state index >= 15 is 4.39 Å². The highest BCUT2D eigenvalue weighted by molar-refractivity contribution is 6.05. The molecule has 2 unspecified atom stereocenters. The Kier molecular flexibility index (Phi) is 12.6. The zero-order valence-corrected chi connectivity index (χ0v) is 39.9. The van der Waals surface area contributed by atoms with Gasteiger partial charge in [-0.15, -0.1) is 0 Å². The van der Waals surface area contributed by atoms with Crippen molar-refractivity contribution in [3.05, 3.63) is 188 Å². The number of benzene rings is 4. The monoisotopic (exact) mass is 982 g/mol. The summed E-state index contributed by atoms with van der Waals surface area (Å²) in [6, 6.07) is 32.9. The lowest BCUT2D eigenvalue weighted by atomic mass is 10.1. The normalized spacial score (nSPS) is 14.8. The molecule has 0 spiro atoms. The third kappa shape index (κ3) is 9.88. The topological polar surface area (TPSA) is 214 Å². The lowest BCUT2D eigenvalue weighted by molar-refractivity contribution is -0.118.